The summed E-state index contributed by atoms with van der Waals surface area (Å²) in [5.74, 6) is 6.18. The Hall–Kier alpha value is -1.31. The molecule has 0 saturated heterocycles. The molecule has 1 aliphatic rings. The quantitative estimate of drug-likeness (QED) is 0.840. The monoisotopic (exact) mass is 290 g/mol. The summed E-state index contributed by atoms with van der Waals surface area (Å²) in [6, 6.07) is 2.02. The van der Waals surface area contributed by atoms with Crippen LogP contribution in [0.4, 0.5) is 0 Å². The van der Waals surface area contributed by atoms with Gasteiger partial charge in [0.25, 0.3) is 0 Å². The summed E-state index contributed by atoms with van der Waals surface area (Å²) in [5, 5.41) is 5.07. The first-order valence-electron chi connectivity index (χ1n) is 7.07. The number of hydrogen-bond acceptors (Lipinski definition) is 3. The van der Waals surface area contributed by atoms with E-state index in [1.54, 1.807) is 11.3 Å². The van der Waals surface area contributed by atoms with E-state index in [9.17, 15) is 4.79 Å². The van der Waals surface area contributed by atoms with Crippen molar-refractivity contribution < 1.29 is 4.79 Å². The molecule has 1 unspecified atom stereocenters. The van der Waals surface area contributed by atoms with Gasteiger partial charge in [-0.3, -0.25) is 4.79 Å². The highest BCUT2D eigenvalue weighted by molar-refractivity contribution is 7.10. The van der Waals surface area contributed by atoms with E-state index in [1.165, 1.54) is 0 Å². The SMILES string of the molecule is CC1(C)CCCC1C(=O)NCc1cc(C#CCN)cs1. The lowest BCUT2D eigenvalue weighted by Gasteiger charge is -2.25. The van der Waals surface area contributed by atoms with Gasteiger partial charge in [-0.1, -0.05) is 32.1 Å². The van der Waals surface area contributed by atoms with Crippen molar-refractivity contribution in [1.29, 1.82) is 0 Å². The Bertz CT molecular complexity index is 536. The van der Waals surface area contributed by atoms with Gasteiger partial charge in [-0.05, 0) is 24.3 Å². The Morgan fingerprint density at radius 3 is 3.05 bits per heavy atom. The molecule has 0 spiro atoms. The van der Waals surface area contributed by atoms with Crippen LogP contribution in [0, 0.1) is 23.2 Å². The van der Waals surface area contributed by atoms with E-state index < -0.39 is 0 Å². The molecule has 3 N–H and O–H groups in total. The average Bonchev–Trinajstić information content (AvgIpc) is 2.99. The predicted molar refractivity (Wildman–Crippen MR) is 83.2 cm³/mol. The van der Waals surface area contributed by atoms with Crippen molar-refractivity contribution in [2.75, 3.05) is 6.54 Å². The lowest BCUT2D eigenvalue weighted by molar-refractivity contribution is -0.127. The van der Waals surface area contributed by atoms with Crippen molar-refractivity contribution in [1.82, 2.24) is 5.32 Å². The fourth-order valence-electron chi connectivity index (χ4n) is 2.80. The third-order valence-electron chi connectivity index (χ3n) is 4.00. The van der Waals surface area contributed by atoms with Gasteiger partial charge in [-0.25, -0.2) is 0 Å². The second kappa shape index (κ2) is 6.43. The molecule has 0 bridgehead atoms. The minimum atomic E-state index is 0.136. The molecule has 4 heteroatoms. The first-order chi connectivity index (χ1) is 9.53. The van der Waals surface area contributed by atoms with E-state index >= 15 is 0 Å². The van der Waals surface area contributed by atoms with Gasteiger partial charge < -0.3 is 11.1 Å². The van der Waals surface area contributed by atoms with Crippen LogP contribution in [0.2, 0.25) is 0 Å². The molecular weight excluding hydrogens is 268 g/mol. The Labute approximate surface area is 124 Å². The summed E-state index contributed by atoms with van der Waals surface area (Å²) < 4.78 is 0. The van der Waals surface area contributed by atoms with Crippen molar-refractivity contribution in [3.63, 3.8) is 0 Å². The first-order valence-corrected chi connectivity index (χ1v) is 7.95. The lowest BCUT2D eigenvalue weighted by Crippen LogP contribution is -2.35. The van der Waals surface area contributed by atoms with Crippen LogP contribution in [0.15, 0.2) is 11.4 Å². The summed E-state index contributed by atoms with van der Waals surface area (Å²) in [4.78, 5) is 13.4. The highest BCUT2D eigenvalue weighted by Gasteiger charge is 2.38. The molecule has 1 aromatic heterocycles. The fourth-order valence-corrected chi connectivity index (χ4v) is 3.56. The molecular formula is C16H22N2OS. The zero-order valence-corrected chi connectivity index (χ0v) is 13.0. The Balaban J connectivity index is 1.89. The lowest BCUT2D eigenvalue weighted by atomic mass is 9.81. The second-order valence-corrected chi connectivity index (χ2v) is 6.95. The molecule has 1 aromatic rings. The molecule has 1 fully saturated rings. The zero-order chi connectivity index (χ0) is 14.6. The van der Waals surface area contributed by atoms with Crippen LogP contribution in [0.25, 0.3) is 0 Å². The molecule has 3 nitrogen and oxygen atoms in total. The van der Waals surface area contributed by atoms with Crippen LogP contribution < -0.4 is 11.1 Å². The number of carbonyl (C=O) groups is 1. The van der Waals surface area contributed by atoms with E-state index in [0.717, 1.165) is 29.7 Å². The van der Waals surface area contributed by atoms with Crippen LogP contribution in [-0.4, -0.2) is 12.5 Å². The smallest absolute Gasteiger partial charge is 0.223 e. The Morgan fingerprint density at radius 2 is 2.40 bits per heavy atom. The van der Waals surface area contributed by atoms with Gasteiger partial charge in [-0.15, -0.1) is 11.3 Å². The van der Waals surface area contributed by atoms with Gasteiger partial charge >= 0.3 is 0 Å². The number of thiophene rings is 1. The standard InChI is InChI=1S/C16H22N2OS/c1-16(2)7-3-6-14(16)15(19)18-10-13-9-12(11-20-13)5-4-8-17/h9,11,14H,3,6-8,10,17H2,1-2H3,(H,18,19). The van der Waals surface area contributed by atoms with E-state index in [4.69, 9.17) is 5.73 Å². The number of amides is 1. The molecule has 1 saturated carbocycles. The average molecular weight is 290 g/mol. The summed E-state index contributed by atoms with van der Waals surface area (Å²) >= 11 is 1.63. The van der Waals surface area contributed by atoms with Gasteiger partial charge in [0.2, 0.25) is 5.91 Å². The molecule has 20 heavy (non-hydrogen) atoms. The van der Waals surface area contributed by atoms with Gasteiger partial charge in [0, 0.05) is 21.7 Å². The highest BCUT2D eigenvalue weighted by Crippen LogP contribution is 2.42. The summed E-state index contributed by atoms with van der Waals surface area (Å²) in [6.45, 7) is 5.35. The molecule has 0 radical (unpaired) electrons. The largest absolute Gasteiger partial charge is 0.351 e. The third-order valence-corrected chi connectivity index (χ3v) is 4.94. The van der Waals surface area contributed by atoms with Crippen molar-refractivity contribution in [2.45, 2.75) is 39.7 Å². The number of nitrogens with one attached hydrogen (secondary N) is 1. The van der Waals surface area contributed by atoms with Gasteiger partial charge in [0.15, 0.2) is 0 Å². The molecule has 1 heterocycles. The van der Waals surface area contributed by atoms with Crippen LogP contribution in [-0.2, 0) is 11.3 Å². The number of hydrogen-bond donors (Lipinski definition) is 2. The predicted octanol–water partition coefficient (Wildman–Crippen LogP) is 2.50. The van der Waals surface area contributed by atoms with E-state index in [2.05, 4.69) is 31.0 Å². The van der Waals surface area contributed by atoms with Crippen LogP contribution in [0.1, 0.15) is 43.6 Å². The topological polar surface area (TPSA) is 55.1 Å². The maximum Gasteiger partial charge on any atom is 0.223 e. The van der Waals surface area contributed by atoms with Crippen molar-refractivity contribution in [2.24, 2.45) is 17.1 Å². The zero-order valence-electron chi connectivity index (χ0n) is 12.2. The van der Waals surface area contributed by atoms with Gasteiger partial charge in [0.05, 0.1) is 13.1 Å². The second-order valence-electron chi connectivity index (χ2n) is 5.96. The Morgan fingerprint density at radius 1 is 1.60 bits per heavy atom. The van der Waals surface area contributed by atoms with E-state index in [1.807, 2.05) is 11.4 Å². The molecule has 1 atom stereocenters. The van der Waals surface area contributed by atoms with E-state index in [-0.39, 0.29) is 17.2 Å². The minimum Gasteiger partial charge on any atom is -0.351 e. The first kappa shape index (κ1) is 15.1. The van der Waals surface area contributed by atoms with Crippen molar-refractivity contribution in [3.8, 4) is 11.8 Å². The van der Waals surface area contributed by atoms with Crippen molar-refractivity contribution >= 4 is 17.2 Å². The molecule has 108 valence electrons. The molecule has 2 rings (SSSR count). The molecule has 0 aromatic carbocycles. The normalized spacial score (nSPS) is 20.2. The number of carbonyl (C=O) groups excluding carboxylic acids is 1. The Kier molecular flexibility index (Phi) is 4.85. The van der Waals surface area contributed by atoms with Crippen LogP contribution in [0.3, 0.4) is 0 Å². The molecule has 1 amide bonds. The summed E-state index contributed by atoms with van der Waals surface area (Å²) in [7, 11) is 0. The molecule has 0 aliphatic heterocycles. The fraction of sp³-hybridized carbons (Fsp3) is 0.562. The van der Waals surface area contributed by atoms with Gasteiger partial charge in [-0.2, -0.15) is 0 Å². The number of nitrogens with two attached hydrogens (primary N) is 1. The minimum absolute atomic E-state index is 0.136. The maximum absolute atomic E-state index is 12.3. The van der Waals surface area contributed by atoms with Crippen molar-refractivity contribution in [3.05, 3.63) is 21.9 Å². The maximum atomic E-state index is 12.3. The summed E-state index contributed by atoms with van der Waals surface area (Å²) in [5.41, 5.74) is 6.46. The third kappa shape index (κ3) is 3.62. The molecule has 1 aliphatic carbocycles. The summed E-state index contributed by atoms with van der Waals surface area (Å²) in [6.07, 6.45) is 3.31. The number of rotatable bonds is 3. The van der Waals surface area contributed by atoms with E-state index in [0.29, 0.717) is 13.1 Å². The van der Waals surface area contributed by atoms with Crippen LogP contribution >= 0.6 is 11.3 Å². The van der Waals surface area contributed by atoms with Crippen LogP contribution in [0.5, 0.6) is 0 Å². The van der Waals surface area contributed by atoms with Gasteiger partial charge in [0.1, 0.15) is 0 Å². The highest BCUT2D eigenvalue weighted by atomic mass is 32.1.